The highest BCUT2D eigenvalue weighted by Gasteiger charge is 2.11. The van der Waals surface area contributed by atoms with Crippen LogP contribution in [0.5, 0.6) is 0 Å². The molecule has 2 aromatic carbocycles. The fourth-order valence-corrected chi connectivity index (χ4v) is 2.69. The van der Waals surface area contributed by atoms with E-state index in [0.29, 0.717) is 32.7 Å². The normalized spacial score (nSPS) is 10.5. The van der Waals surface area contributed by atoms with Gasteiger partial charge in [-0.2, -0.15) is 4.80 Å². The number of aromatic nitrogens is 4. The van der Waals surface area contributed by atoms with Crippen LogP contribution in [0.2, 0.25) is 10.0 Å². The zero-order chi connectivity index (χ0) is 18.7. The summed E-state index contributed by atoms with van der Waals surface area (Å²) in [5.74, 6) is -0.568. The van der Waals surface area contributed by atoms with E-state index < -0.39 is 5.91 Å². The number of primary amides is 1. The van der Waals surface area contributed by atoms with E-state index in [4.69, 9.17) is 28.9 Å². The maximum Gasteiger partial charge on any atom is 0.248 e. The summed E-state index contributed by atoms with van der Waals surface area (Å²) in [5.41, 5.74) is 6.68. The Balaban J connectivity index is 1.67. The molecule has 3 N–H and O–H groups in total. The van der Waals surface area contributed by atoms with Gasteiger partial charge in [-0.3, -0.25) is 9.59 Å². The molecule has 0 atom stereocenters. The Bertz CT molecular complexity index is 951. The highest BCUT2D eigenvalue weighted by Crippen LogP contribution is 2.22. The van der Waals surface area contributed by atoms with Gasteiger partial charge < -0.3 is 11.1 Å². The lowest BCUT2D eigenvalue weighted by Crippen LogP contribution is -2.20. The molecule has 1 heterocycles. The Hall–Kier alpha value is -2.97. The first-order valence-corrected chi connectivity index (χ1v) is 8.10. The molecule has 0 spiro atoms. The van der Waals surface area contributed by atoms with E-state index in [1.807, 2.05) is 0 Å². The number of carbonyl (C=O) groups excluding carboxylic acids is 2. The lowest BCUT2D eigenvalue weighted by molar-refractivity contribution is -0.117. The van der Waals surface area contributed by atoms with Gasteiger partial charge in [0.05, 0.1) is 0 Å². The molecule has 1 aromatic heterocycles. The van der Waals surface area contributed by atoms with Gasteiger partial charge in [0, 0.05) is 26.9 Å². The van der Waals surface area contributed by atoms with E-state index in [1.165, 1.54) is 0 Å². The summed E-state index contributed by atoms with van der Waals surface area (Å²) in [6.07, 6.45) is 0. The number of nitrogens with zero attached hydrogens (tertiary/aromatic N) is 4. The van der Waals surface area contributed by atoms with Crippen molar-refractivity contribution in [3.63, 3.8) is 0 Å². The first-order chi connectivity index (χ1) is 12.4. The van der Waals surface area contributed by atoms with Crippen molar-refractivity contribution >= 4 is 40.7 Å². The summed E-state index contributed by atoms with van der Waals surface area (Å²) < 4.78 is 0. The van der Waals surface area contributed by atoms with Crippen LogP contribution < -0.4 is 11.1 Å². The Kier molecular flexibility index (Phi) is 5.15. The van der Waals surface area contributed by atoms with Crippen molar-refractivity contribution in [2.24, 2.45) is 5.73 Å². The van der Waals surface area contributed by atoms with E-state index in [0.717, 1.165) is 4.80 Å². The van der Waals surface area contributed by atoms with Crippen LogP contribution in [0.3, 0.4) is 0 Å². The Labute approximate surface area is 157 Å². The standard InChI is InChI=1S/C16H12Cl2N6O2/c17-11-5-12(18)7-13(6-11)20-14(25)8-24-22-16(21-23-24)10-3-1-9(2-4-10)15(19)26/h1-7H,8H2,(H2,19,26)(H,20,25). The molecule has 0 fully saturated rings. The summed E-state index contributed by atoms with van der Waals surface area (Å²) in [6, 6.07) is 11.1. The van der Waals surface area contributed by atoms with Crippen LogP contribution in [0, 0.1) is 0 Å². The van der Waals surface area contributed by atoms with E-state index in [-0.39, 0.29) is 12.5 Å². The number of hydrogen-bond acceptors (Lipinski definition) is 5. The third kappa shape index (κ3) is 4.35. The second kappa shape index (κ2) is 7.51. The van der Waals surface area contributed by atoms with Gasteiger partial charge in [0.15, 0.2) is 0 Å². The molecule has 0 radical (unpaired) electrons. The van der Waals surface area contributed by atoms with Crippen LogP contribution in [0.25, 0.3) is 11.4 Å². The van der Waals surface area contributed by atoms with Crippen molar-refractivity contribution < 1.29 is 9.59 Å². The number of carbonyl (C=O) groups is 2. The molecule has 0 aliphatic carbocycles. The summed E-state index contributed by atoms with van der Waals surface area (Å²) in [5, 5.41) is 15.3. The van der Waals surface area contributed by atoms with Crippen molar-refractivity contribution in [1.29, 1.82) is 0 Å². The van der Waals surface area contributed by atoms with Crippen molar-refractivity contribution in [3.05, 3.63) is 58.1 Å². The van der Waals surface area contributed by atoms with Gasteiger partial charge in [-0.15, -0.1) is 10.2 Å². The number of amides is 2. The highest BCUT2D eigenvalue weighted by molar-refractivity contribution is 6.35. The molecule has 8 nitrogen and oxygen atoms in total. The van der Waals surface area contributed by atoms with Gasteiger partial charge in [-0.1, -0.05) is 35.3 Å². The average Bonchev–Trinajstić information content (AvgIpc) is 3.02. The number of nitrogens with one attached hydrogen (secondary N) is 1. The van der Waals surface area contributed by atoms with Crippen molar-refractivity contribution in [2.45, 2.75) is 6.54 Å². The summed E-state index contributed by atoms with van der Waals surface area (Å²) in [6.45, 7) is -0.142. The van der Waals surface area contributed by atoms with Crippen molar-refractivity contribution in [3.8, 4) is 11.4 Å². The van der Waals surface area contributed by atoms with E-state index in [2.05, 4.69) is 20.7 Å². The molecule has 0 unspecified atom stereocenters. The molecule has 0 saturated heterocycles. The molecule has 0 bridgehead atoms. The van der Waals surface area contributed by atoms with Crippen LogP contribution in [-0.4, -0.2) is 32.0 Å². The number of anilines is 1. The summed E-state index contributed by atoms with van der Waals surface area (Å²) in [7, 11) is 0. The fourth-order valence-electron chi connectivity index (χ4n) is 2.16. The smallest absolute Gasteiger partial charge is 0.248 e. The fraction of sp³-hybridized carbons (Fsp3) is 0.0625. The third-order valence-electron chi connectivity index (χ3n) is 3.31. The van der Waals surface area contributed by atoms with E-state index >= 15 is 0 Å². The second-order valence-corrected chi connectivity index (χ2v) is 6.16. The molecule has 26 heavy (non-hydrogen) atoms. The summed E-state index contributed by atoms with van der Waals surface area (Å²) >= 11 is 11.8. The predicted molar refractivity (Wildman–Crippen MR) is 96.9 cm³/mol. The van der Waals surface area contributed by atoms with E-state index in [9.17, 15) is 9.59 Å². The van der Waals surface area contributed by atoms with Crippen LogP contribution >= 0.6 is 23.2 Å². The number of benzene rings is 2. The zero-order valence-electron chi connectivity index (χ0n) is 13.2. The first kappa shape index (κ1) is 17.8. The lowest BCUT2D eigenvalue weighted by Gasteiger charge is -2.05. The van der Waals surface area contributed by atoms with Crippen molar-refractivity contribution in [1.82, 2.24) is 20.2 Å². The largest absolute Gasteiger partial charge is 0.366 e. The van der Waals surface area contributed by atoms with Gasteiger partial charge in [0.2, 0.25) is 17.6 Å². The minimum atomic E-state index is -0.522. The SMILES string of the molecule is NC(=O)c1ccc(-c2nnn(CC(=O)Nc3cc(Cl)cc(Cl)c3)n2)cc1. The highest BCUT2D eigenvalue weighted by atomic mass is 35.5. The van der Waals surface area contributed by atoms with Crippen LogP contribution in [0.1, 0.15) is 10.4 Å². The topological polar surface area (TPSA) is 116 Å². The van der Waals surface area contributed by atoms with Crippen LogP contribution in [0.15, 0.2) is 42.5 Å². The molecule has 2 amide bonds. The van der Waals surface area contributed by atoms with Gasteiger partial charge >= 0.3 is 0 Å². The monoisotopic (exact) mass is 390 g/mol. The van der Waals surface area contributed by atoms with Crippen LogP contribution in [-0.2, 0) is 11.3 Å². The molecule has 3 rings (SSSR count). The maximum absolute atomic E-state index is 12.1. The number of nitrogens with two attached hydrogens (primary N) is 1. The minimum Gasteiger partial charge on any atom is -0.366 e. The molecule has 0 aliphatic heterocycles. The Morgan fingerprint density at radius 2 is 1.73 bits per heavy atom. The Morgan fingerprint density at radius 1 is 1.08 bits per heavy atom. The third-order valence-corrected chi connectivity index (χ3v) is 3.75. The number of rotatable bonds is 5. The zero-order valence-corrected chi connectivity index (χ0v) is 14.7. The van der Waals surface area contributed by atoms with Gasteiger partial charge in [0.1, 0.15) is 6.54 Å². The number of hydrogen-bond donors (Lipinski definition) is 2. The lowest BCUT2D eigenvalue weighted by atomic mass is 10.1. The molecule has 0 saturated carbocycles. The van der Waals surface area contributed by atoms with Gasteiger partial charge in [0.25, 0.3) is 0 Å². The second-order valence-electron chi connectivity index (χ2n) is 5.29. The molecular formula is C16H12Cl2N6O2. The number of halogens is 2. The molecular weight excluding hydrogens is 379 g/mol. The quantitative estimate of drug-likeness (QED) is 0.693. The molecule has 0 aliphatic rings. The summed E-state index contributed by atoms with van der Waals surface area (Å²) in [4.78, 5) is 24.3. The molecule has 3 aromatic rings. The first-order valence-electron chi connectivity index (χ1n) is 7.35. The van der Waals surface area contributed by atoms with E-state index in [1.54, 1.807) is 42.5 Å². The van der Waals surface area contributed by atoms with Crippen molar-refractivity contribution in [2.75, 3.05) is 5.32 Å². The average molecular weight is 391 g/mol. The minimum absolute atomic E-state index is 0.142. The predicted octanol–water partition coefficient (Wildman–Crippen LogP) is 2.38. The maximum atomic E-state index is 12.1. The van der Waals surface area contributed by atoms with Crippen LogP contribution in [0.4, 0.5) is 5.69 Å². The molecule has 10 heteroatoms. The number of tetrazole rings is 1. The van der Waals surface area contributed by atoms with Gasteiger partial charge in [-0.05, 0) is 35.5 Å². The van der Waals surface area contributed by atoms with Gasteiger partial charge in [-0.25, -0.2) is 0 Å². The molecule has 132 valence electrons. The Morgan fingerprint density at radius 3 is 2.35 bits per heavy atom.